The van der Waals surface area contributed by atoms with Crippen molar-refractivity contribution in [1.82, 2.24) is 10.3 Å². The number of nitrogens with one attached hydrogen (secondary N) is 1. The fourth-order valence-corrected chi connectivity index (χ4v) is 2.27. The summed E-state index contributed by atoms with van der Waals surface area (Å²) in [4.78, 5) is 4.54. The topological polar surface area (TPSA) is 34.1 Å². The van der Waals surface area contributed by atoms with Crippen LogP contribution < -0.4 is 10.1 Å². The van der Waals surface area contributed by atoms with Crippen LogP contribution in [0.3, 0.4) is 0 Å². The van der Waals surface area contributed by atoms with Gasteiger partial charge in [0.1, 0.15) is 5.75 Å². The molecule has 0 saturated heterocycles. The predicted molar refractivity (Wildman–Crippen MR) is 82.4 cm³/mol. The molecule has 0 radical (unpaired) electrons. The second kappa shape index (κ2) is 6.53. The van der Waals surface area contributed by atoms with Crippen molar-refractivity contribution in [3.8, 4) is 11.6 Å². The van der Waals surface area contributed by atoms with Gasteiger partial charge < -0.3 is 10.1 Å². The molecule has 0 bridgehead atoms. The normalized spacial score (nSPS) is 10.6. The van der Waals surface area contributed by atoms with E-state index >= 15 is 0 Å². The highest BCUT2D eigenvalue weighted by atomic mass is 16.5. The summed E-state index contributed by atoms with van der Waals surface area (Å²) in [7, 11) is 1.94. The largest absolute Gasteiger partial charge is 0.439 e. The van der Waals surface area contributed by atoms with Crippen LogP contribution >= 0.6 is 0 Å². The van der Waals surface area contributed by atoms with Crippen LogP contribution in [0.1, 0.15) is 29.3 Å². The first-order chi connectivity index (χ1) is 9.60. The monoisotopic (exact) mass is 270 g/mol. The second-order valence-corrected chi connectivity index (χ2v) is 5.11. The van der Waals surface area contributed by atoms with Gasteiger partial charge in [-0.1, -0.05) is 13.0 Å². The Labute approximate surface area is 121 Å². The second-order valence-electron chi connectivity index (χ2n) is 5.11. The third-order valence-electron chi connectivity index (χ3n) is 3.08. The average Bonchev–Trinajstić information content (AvgIpc) is 2.37. The Morgan fingerprint density at radius 1 is 1.05 bits per heavy atom. The standard InChI is InChI=1S/C17H22N2O/c1-5-15-9-14(11-18-4)10-17(19-15)20-16-7-12(2)6-13(3)8-16/h6-10,18H,5,11H2,1-4H3. The summed E-state index contributed by atoms with van der Waals surface area (Å²) >= 11 is 0. The van der Waals surface area contributed by atoms with Crippen molar-refractivity contribution in [1.29, 1.82) is 0 Å². The smallest absolute Gasteiger partial charge is 0.219 e. The Morgan fingerprint density at radius 3 is 2.35 bits per heavy atom. The van der Waals surface area contributed by atoms with Gasteiger partial charge in [0.15, 0.2) is 0 Å². The third kappa shape index (κ3) is 3.81. The molecule has 0 spiro atoms. The zero-order valence-electron chi connectivity index (χ0n) is 12.7. The highest BCUT2D eigenvalue weighted by molar-refractivity contribution is 5.36. The van der Waals surface area contributed by atoms with Gasteiger partial charge in [0.25, 0.3) is 0 Å². The van der Waals surface area contributed by atoms with Gasteiger partial charge in [-0.2, -0.15) is 0 Å². The molecule has 1 heterocycles. The molecule has 0 saturated carbocycles. The number of hydrogen-bond donors (Lipinski definition) is 1. The molecule has 1 aromatic heterocycles. The van der Waals surface area contributed by atoms with Gasteiger partial charge in [-0.15, -0.1) is 0 Å². The average molecular weight is 270 g/mol. The summed E-state index contributed by atoms with van der Waals surface area (Å²) in [5, 5.41) is 3.16. The fourth-order valence-electron chi connectivity index (χ4n) is 2.27. The number of aromatic nitrogens is 1. The van der Waals surface area contributed by atoms with E-state index in [2.05, 4.69) is 43.2 Å². The first kappa shape index (κ1) is 14.5. The van der Waals surface area contributed by atoms with Crippen LogP contribution in [0, 0.1) is 13.8 Å². The van der Waals surface area contributed by atoms with Gasteiger partial charge in [-0.25, -0.2) is 4.98 Å². The van der Waals surface area contributed by atoms with E-state index in [0.717, 1.165) is 24.4 Å². The Hall–Kier alpha value is -1.87. The molecule has 3 nitrogen and oxygen atoms in total. The predicted octanol–water partition coefficient (Wildman–Crippen LogP) is 3.77. The van der Waals surface area contributed by atoms with Crippen molar-refractivity contribution in [3.05, 3.63) is 52.7 Å². The van der Waals surface area contributed by atoms with E-state index in [-0.39, 0.29) is 0 Å². The number of aryl methyl sites for hydroxylation is 3. The van der Waals surface area contributed by atoms with E-state index in [9.17, 15) is 0 Å². The van der Waals surface area contributed by atoms with Crippen molar-refractivity contribution >= 4 is 0 Å². The number of hydrogen-bond acceptors (Lipinski definition) is 3. The molecule has 0 aliphatic heterocycles. The van der Waals surface area contributed by atoms with Gasteiger partial charge in [0.2, 0.25) is 5.88 Å². The van der Waals surface area contributed by atoms with Crippen molar-refractivity contribution in [2.75, 3.05) is 7.05 Å². The molecule has 0 aliphatic rings. The molecule has 0 unspecified atom stereocenters. The summed E-state index contributed by atoms with van der Waals surface area (Å²) in [6.07, 6.45) is 0.904. The zero-order valence-corrected chi connectivity index (χ0v) is 12.7. The highest BCUT2D eigenvalue weighted by Crippen LogP contribution is 2.23. The quantitative estimate of drug-likeness (QED) is 0.898. The van der Waals surface area contributed by atoms with Crippen molar-refractivity contribution in [2.45, 2.75) is 33.7 Å². The lowest BCUT2D eigenvalue weighted by Gasteiger charge is -2.10. The molecule has 106 valence electrons. The minimum absolute atomic E-state index is 0.666. The van der Waals surface area contributed by atoms with Crippen molar-refractivity contribution < 1.29 is 4.74 Å². The number of benzene rings is 1. The molecular formula is C17H22N2O. The molecule has 2 aromatic rings. The molecule has 1 aromatic carbocycles. The summed E-state index contributed by atoms with van der Waals surface area (Å²) in [6, 6.07) is 10.3. The van der Waals surface area contributed by atoms with E-state index in [1.807, 2.05) is 25.2 Å². The fraction of sp³-hybridized carbons (Fsp3) is 0.353. The number of nitrogens with zero attached hydrogens (tertiary/aromatic N) is 1. The van der Waals surface area contributed by atoms with E-state index in [0.29, 0.717) is 5.88 Å². The first-order valence-corrected chi connectivity index (χ1v) is 7.01. The molecule has 20 heavy (non-hydrogen) atoms. The molecule has 3 heteroatoms. The Bertz CT molecular complexity index is 573. The van der Waals surface area contributed by atoms with Crippen LogP contribution in [-0.4, -0.2) is 12.0 Å². The van der Waals surface area contributed by atoms with Crippen molar-refractivity contribution in [2.24, 2.45) is 0 Å². The Morgan fingerprint density at radius 2 is 1.75 bits per heavy atom. The van der Waals surface area contributed by atoms with Gasteiger partial charge in [0.05, 0.1) is 0 Å². The lowest BCUT2D eigenvalue weighted by Crippen LogP contribution is -2.06. The Balaban J connectivity index is 2.29. The van der Waals surface area contributed by atoms with E-state index in [1.165, 1.54) is 16.7 Å². The molecule has 2 rings (SSSR count). The van der Waals surface area contributed by atoms with Crippen molar-refractivity contribution in [3.63, 3.8) is 0 Å². The summed E-state index contributed by atoms with van der Waals surface area (Å²) in [5.41, 5.74) is 4.64. The first-order valence-electron chi connectivity index (χ1n) is 7.01. The zero-order chi connectivity index (χ0) is 14.5. The molecule has 0 aliphatic carbocycles. The van der Waals surface area contributed by atoms with Crippen LogP contribution in [0.2, 0.25) is 0 Å². The maximum Gasteiger partial charge on any atom is 0.219 e. The molecule has 0 amide bonds. The van der Waals surface area contributed by atoms with Gasteiger partial charge in [-0.05, 0) is 62.2 Å². The molecular weight excluding hydrogens is 248 g/mol. The summed E-state index contributed by atoms with van der Waals surface area (Å²) in [5.74, 6) is 1.51. The lowest BCUT2D eigenvalue weighted by atomic mass is 10.1. The lowest BCUT2D eigenvalue weighted by molar-refractivity contribution is 0.459. The van der Waals surface area contributed by atoms with Crippen LogP contribution in [0.25, 0.3) is 0 Å². The number of ether oxygens (including phenoxy) is 1. The van der Waals surface area contributed by atoms with Crippen LogP contribution in [0.4, 0.5) is 0 Å². The maximum atomic E-state index is 5.93. The highest BCUT2D eigenvalue weighted by Gasteiger charge is 2.05. The van der Waals surface area contributed by atoms with Crippen LogP contribution in [-0.2, 0) is 13.0 Å². The molecule has 1 N–H and O–H groups in total. The molecule has 0 fully saturated rings. The third-order valence-corrected chi connectivity index (χ3v) is 3.08. The van der Waals surface area contributed by atoms with Gasteiger partial charge in [-0.3, -0.25) is 0 Å². The van der Waals surface area contributed by atoms with Gasteiger partial charge in [0, 0.05) is 18.3 Å². The van der Waals surface area contributed by atoms with Crippen LogP contribution in [0.15, 0.2) is 30.3 Å². The summed E-state index contributed by atoms with van der Waals surface area (Å²) < 4.78 is 5.93. The molecule has 0 atom stereocenters. The SMILES string of the molecule is CCc1cc(CNC)cc(Oc2cc(C)cc(C)c2)n1. The summed E-state index contributed by atoms with van der Waals surface area (Å²) in [6.45, 7) is 7.06. The number of pyridine rings is 1. The van der Waals surface area contributed by atoms with E-state index in [1.54, 1.807) is 0 Å². The number of rotatable bonds is 5. The maximum absolute atomic E-state index is 5.93. The van der Waals surface area contributed by atoms with E-state index in [4.69, 9.17) is 4.74 Å². The van der Waals surface area contributed by atoms with Crippen LogP contribution in [0.5, 0.6) is 11.6 Å². The van der Waals surface area contributed by atoms with E-state index < -0.39 is 0 Å². The Kier molecular flexibility index (Phi) is 4.74. The minimum atomic E-state index is 0.666. The van der Waals surface area contributed by atoms with Gasteiger partial charge >= 0.3 is 0 Å². The minimum Gasteiger partial charge on any atom is -0.439 e.